The summed E-state index contributed by atoms with van der Waals surface area (Å²) in [5, 5.41) is 10.1. The highest BCUT2D eigenvalue weighted by molar-refractivity contribution is 4.82. The van der Waals surface area contributed by atoms with Gasteiger partial charge in [-0.3, -0.25) is 9.80 Å². The largest absolute Gasteiger partial charge is 0.403 e. The molecular weight excluding hydrogens is 281 g/mol. The quantitative estimate of drug-likeness (QED) is 0.845. The number of aliphatic hydroxyl groups is 1. The molecule has 1 aliphatic carbocycles. The van der Waals surface area contributed by atoms with Crippen molar-refractivity contribution in [3.8, 4) is 0 Å². The minimum atomic E-state index is -4.15. The minimum Gasteiger partial charge on any atom is -0.392 e. The second kappa shape index (κ2) is 7.29. The number of hydrogen-bond donors (Lipinski definition) is 1. The monoisotopic (exact) mass is 308 g/mol. The van der Waals surface area contributed by atoms with E-state index in [9.17, 15) is 18.3 Å². The van der Waals surface area contributed by atoms with E-state index in [4.69, 9.17) is 0 Å². The molecule has 2 fully saturated rings. The Labute approximate surface area is 125 Å². The molecule has 0 unspecified atom stereocenters. The van der Waals surface area contributed by atoms with Gasteiger partial charge in [0.2, 0.25) is 0 Å². The fourth-order valence-electron chi connectivity index (χ4n) is 3.54. The highest BCUT2D eigenvalue weighted by Gasteiger charge is 2.40. The summed E-state index contributed by atoms with van der Waals surface area (Å²) in [5.74, 6) is 0.645. The number of rotatable bonds is 5. The van der Waals surface area contributed by atoms with Crippen LogP contribution < -0.4 is 0 Å². The zero-order valence-electron chi connectivity index (χ0n) is 12.8. The Kier molecular flexibility index (Phi) is 5.91. The van der Waals surface area contributed by atoms with Gasteiger partial charge in [0.1, 0.15) is 6.04 Å². The van der Waals surface area contributed by atoms with Crippen LogP contribution >= 0.6 is 0 Å². The van der Waals surface area contributed by atoms with Crippen LogP contribution in [-0.2, 0) is 0 Å². The third-order valence-corrected chi connectivity index (χ3v) is 4.98. The number of alkyl halides is 3. The van der Waals surface area contributed by atoms with Crippen LogP contribution in [0.2, 0.25) is 0 Å². The van der Waals surface area contributed by atoms with E-state index in [1.807, 2.05) is 0 Å². The first-order valence-electron chi connectivity index (χ1n) is 8.07. The number of aliphatic hydroxyl groups excluding tert-OH is 1. The topological polar surface area (TPSA) is 26.7 Å². The van der Waals surface area contributed by atoms with Crippen molar-refractivity contribution in [2.45, 2.75) is 57.3 Å². The van der Waals surface area contributed by atoms with Gasteiger partial charge in [0.05, 0.1) is 6.10 Å². The van der Waals surface area contributed by atoms with Gasteiger partial charge in [0.15, 0.2) is 0 Å². The Morgan fingerprint density at radius 3 is 2.19 bits per heavy atom. The first-order chi connectivity index (χ1) is 9.86. The lowest BCUT2D eigenvalue weighted by Crippen LogP contribution is -2.54. The van der Waals surface area contributed by atoms with Gasteiger partial charge in [-0.2, -0.15) is 13.2 Å². The Balaban J connectivity index is 1.68. The molecule has 3 nitrogen and oxygen atoms in total. The van der Waals surface area contributed by atoms with Crippen LogP contribution in [-0.4, -0.2) is 66.0 Å². The van der Waals surface area contributed by atoms with Gasteiger partial charge in [0.25, 0.3) is 0 Å². The summed E-state index contributed by atoms with van der Waals surface area (Å²) in [7, 11) is 0. The fourth-order valence-corrected chi connectivity index (χ4v) is 3.54. The van der Waals surface area contributed by atoms with Crippen molar-refractivity contribution >= 4 is 0 Å². The molecule has 2 atom stereocenters. The van der Waals surface area contributed by atoms with Crippen molar-refractivity contribution in [2.75, 3.05) is 32.7 Å². The van der Waals surface area contributed by atoms with Crippen LogP contribution in [0, 0.1) is 5.92 Å². The minimum absolute atomic E-state index is 0.334. The molecule has 0 amide bonds. The van der Waals surface area contributed by atoms with E-state index in [1.165, 1.54) is 37.5 Å². The number of β-amino-alcohol motifs (C(OH)–C–C–N with tert-alkyl or cyclic N) is 1. The number of piperazine rings is 1. The van der Waals surface area contributed by atoms with Gasteiger partial charge in [-0.25, -0.2) is 0 Å². The molecule has 6 heteroatoms. The molecule has 0 aromatic rings. The van der Waals surface area contributed by atoms with Gasteiger partial charge in [0, 0.05) is 32.7 Å². The third kappa shape index (κ3) is 5.11. The van der Waals surface area contributed by atoms with Gasteiger partial charge in [-0.15, -0.1) is 0 Å². The first-order valence-corrected chi connectivity index (χ1v) is 8.07. The van der Waals surface area contributed by atoms with E-state index in [-0.39, 0.29) is 6.10 Å². The maximum Gasteiger partial charge on any atom is 0.403 e. The summed E-state index contributed by atoms with van der Waals surface area (Å²) < 4.78 is 38.0. The molecule has 1 heterocycles. The summed E-state index contributed by atoms with van der Waals surface area (Å²) in [6, 6.07) is -1.37. The average Bonchev–Trinajstić information content (AvgIpc) is 2.90. The molecule has 124 valence electrons. The van der Waals surface area contributed by atoms with Gasteiger partial charge >= 0.3 is 6.18 Å². The number of halogens is 3. The van der Waals surface area contributed by atoms with E-state index >= 15 is 0 Å². The van der Waals surface area contributed by atoms with Crippen molar-refractivity contribution in [3.05, 3.63) is 0 Å². The van der Waals surface area contributed by atoms with E-state index < -0.39 is 12.2 Å². The maximum atomic E-state index is 12.7. The highest BCUT2D eigenvalue weighted by atomic mass is 19.4. The van der Waals surface area contributed by atoms with Gasteiger partial charge in [-0.1, -0.05) is 25.7 Å². The van der Waals surface area contributed by atoms with Crippen LogP contribution in [0.25, 0.3) is 0 Å². The van der Waals surface area contributed by atoms with E-state index in [0.717, 1.165) is 6.42 Å². The zero-order chi connectivity index (χ0) is 15.5. The summed E-state index contributed by atoms with van der Waals surface area (Å²) in [6.07, 6.45) is 1.34. The van der Waals surface area contributed by atoms with Crippen LogP contribution in [0.15, 0.2) is 0 Å². The molecule has 1 aliphatic heterocycles. The van der Waals surface area contributed by atoms with Gasteiger partial charge in [-0.05, 0) is 19.3 Å². The number of hydrogen-bond acceptors (Lipinski definition) is 3. The number of nitrogens with zero attached hydrogens (tertiary/aromatic N) is 2. The lowest BCUT2D eigenvalue weighted by molar-refractivity contribution is -0.182. The molecule has 21 heavy (non-hydrogen) atoms. The average molecular weight is 308 g/mol. The van der Waals surface area contributed by atoms with E-state index in [2.05, 4.69) is 4.90 Å². The molecule has 0 radical (unpaired) electrons. The molecule has 2 rings (SSSR count). The predicted molar refractivity (Wildman–Crippen MR) is 76.1 cm³/mol. The fraction of sp³-hybridized carbons (Fsp3) is 1.00. The van der Waals surface area contributed by atoms with Crippen LogP contribution in [0.3, 0.4) is 0 Å². The Morgan fingerprint density at radius 1 is 1.10 bits per heavy atom. The normalized spacial score (nSPS) is 26.1. The Morgan fingerprint density at radius 2 is 1.67 bits per heavy atom. The molecular formula is C15H27F3N2O. The first kappa shape index (κ1) is 17.0. The van der Waals surface area contributed by atoms with E-state index in [0.29, 0.717) is 38.6 Å². The third-order valence-electron chi connectivity index (χ3n) is 4.98. The predicted octanol–water partition coefficient (Wildman–Crippen LogP) is 2.50. The smallest absolute Gasteiger partial charge is 0.392 e. The second-order valence-electron chi connectivity index (χ2n) is 6.59. The molecule has 1 N–H and O–H groups in total. The molecule has 2 aliphatic rings. The molecule has 0 aromatic heterocycles. The SMILES string of the molecule is C[C@H](N1CCN(C[C@@H](O)CC2CCCC2)CC1)C(F)(F)F. The Hall–Kier alpha value is -0.330. The molecule has 0 bridgehead atoms. The summed E-state index contributed by atoms with van der Waals surface area (Å²) in [4.78, 5) is 3.58. The van der Waals surface area contributed by atoms with Crippen molar-refractivity contribution in [3.63, 3.8) is 0 Å². The highest BCUT2D eigenvalue weighted by Crippen LogP contribution is 2.29. The van der Waals surface area contributed by atoms with Crippen molar-refractivity contribution in [1.29, 1.82) is 0 Å². The zero-order valence-corrected chi connectivity index (χ0v) is 12.8. The molecule has 0 aromatic carbocycles. The standard InChI is InChI=1S/C15H27F3N2O/c1-12(15(16,17)18)20-8-6-19(7-9-20)11-14(21)10-13-4-2-3-5-13/h12-14,21H,2-11H2,1H3/t12-,14-/m0/s1. The lowest BCUT2D eigenvalue weighted by atomic mass is 9.99. The van der Waals surface area contributed by atoms with E-state index in [1.54, 1.807) is 0 Å². The van der Waals surface area contributed by atoms with Crippen molar-refractivity contribution in [2.24, 2.45) is 5.92 Å². The van der Waals surface area contributed by atoms with Crippen LogP contribution in [0.1, 0.15) is 39.0 Å². The van der Waals surface area contributed by atoms with Gasteiger partial charge < -0.3 is 5.11 Å². The van der Waals surface area contributed by atoms with Crippen LogP contribution in [0.4, 0.5) is 13.2 Å². The Bertz CT molecular complexity index is 311. The molecule has 1 saturated heterocycles. The summed E-state index contributed by atoms with van der Waals surface area (Å²) in [5.41, 5.74) is 0. The lowest BCUT2D eigenvalue weighted by Gasteiger charge is -2.39. The van der Waals surface area contributed by atoms with Crippen molar-refractivity contribution in [1.82, 2.24) is 9.80 Å². The molecule has 0 spiro atoms. The molecule has 1 saturated carbocycles. The van der Waals surface area contributed by atoms with Crippen molar-refractivity contribution < 1.29 is 18.3 Å². The van der Waals surface area contributed by atoms with Crippen LogP contribution in [0.5, 0.6) is 0 Å². The summed E-state index contributed by atoms with van der Waals surface area (Å²) >= 11 is 0. The maximum absolute atomic E-state index is 12.7. The summed E-state index contributed by atoms with van der Waals surface area (Å²) in [6.45, 7) is 3.91. The second-order valence-corrected chi connectivity index (χ2v) is 6.59.